The molecule has 15 heavy (non-hydrogen) atoms. The molecular weight excluding hydrogens is 210 g/mol. The molecular formula is C11H15NO2S. The van der Waals surface area contributed by atoms with E-state index < -0.39 is 0 Å². The predicted molar refractivity (Wildman–Crippen MR) is 60.3 cm³/mol. The van der Waals surface area contributed by atoms with Crippen LogP contribution < -0.4 is 5.32 Å². The molecule has 0 spiro atoms. The van der Waals surface area contributed by atoms with E-state index in [9.17, 15) is 4.79 Å². The van der Waals surface area contributed by atoms with E-state index >= 15 is 0 Å². The molecule has 1 aromatic heterocycles. The van der Waals surface area contributed by atoms with Crippen LogP contribution in [0.3, 0.4) is 0 Å². The number of hydrogen-bond donors (Lipinski definition) is 1. The molecule has 1 aliphatic rings. The highest BCUT2D eigenvalue weighted by Crippen LogP contribution is 2.22. The van der Waals surface area contributed by atoms with E-state index in [0.717, 1.165) is 30.3 Å². The SMILES string of the molecule is CCOC(=O)c1ccc(CC2CNC2)s1. The van der Waals surface area contributed by atoms with Gasteiger partial charge in [0.15, 0.2) is 0 Å². The molecule has 0 saturated carbocycles. The summed E-state index contributed by atoms with van der Waals surface area (Å²) in [5, 5.41) is 3.24. The molecule has 0 aliphatic carbocycles. The summed E-state index contributed by atoms with van der Waals surface area (Å²) in [6.45, 7) is 4.48. The van der Waals surface area contributed by atoms with Crippen LogP contribution in [0, 0.1) is 5.92 Å². The Morgan fingerprint density at radius 2 is 2.40 bits per heavy atom. The third-order valence-electron chi connectivity index (χ3n) is 2.49. The lowest BCUT2D eigenvalue weighted by molar-refractivity contribution is 0.0532. The summed E-state index contributed by atoms with van der Waals surface area (Å²) < 4.78 is 4.95. The Kier molecular flexibility index (Phi) is 3.38. The van der Waals surface area contributed by atoms with Crippen LogP contribution in [0.2, 0.25) is 0 Å². The molecule has 0 bridgehead atoms. The maximum absolute atomic E-state index is 11.4. The highest BCUT2D eigenvalue weighted by molar-refractivity contribution is 7.13. The summed E-state index contributed by atoms with van der Waals surface area (Å²) in [6.07, 6.45) is 1.08. The van der Waals surface area contributed by atoms with E-state index in [0.29, 0.717) is 6.61 Å². The molecule has 0 radical (unpaired) electrons. The van der Waals surface area contributed by atoms with E-state index in [1.165, 1.54) is 4.88 Å². The predicted octanol–water partition coefficient (Wildman–Crippen LogP) is 1.69. The molecule has 0 amide bonds. The van der Waals surface area contributed by atoms with Crippen LogP contribution in [0.5, 0.6) is 0 Å². The Balaban J connectivity index is 1.93. The fourth-order valence-electron chi connectivity index (χ4n) is 1.58. The number of carbonyl (C=O) groups excluding carboxylic acids is 1. The second-order valence-corrected chi connectivity index (χ2v) is 4.88. The molecule has 4 heteroatoms. The Morgan fingerprint density at radius 1 is 1.60 bits per heavy atom. The fourth-order valence-corrected chi connectivity index (χ4v) is 2.59. The summed E-state index contributed by atoms with van der Waals surface area (Å²) in [7, 11) is 0. The lowest BCUT2D eigenvalue weighted by Gasteiger charge is -2.26. The van der Waals surface area contributed by atoms with Gasteiger partial charge in [0.05, 0.1) is 6.61 Å². The molecule has 1 N–H and O–H groups in total. The van der Waals surface area contributed by atoms with Gasteiger partial charge in [0.1, 0.15) is 4.88 Å². The minimum Gasteiger partial charge on any atom is -0.462 e. The number of carbonyl (C=O) groups is 1. The normalized spacial score (nSPS) is 16.1. The molecule has 0 aromatic carbocycles. The van der Waals surface area contributed by atoms with Crippen molar-refractivity contribution in [2.75, 3.05) is 19.7 Å². The van der Waals surface area contributed by atoms with Crippen molar-refractivity contribution in [3.05, 3.63) is 21.9 Å². The van der Waals surface area contributed by atoms with Crippen LogP contribution in [0.1, 0.15) is 21.5 Å². The summed E-state index contributed by atoms with van der Waals surface area (Å²) in [6, 6.07) is 3.90. The topological polar surface area (TPSA) is 38.3 Å². The lowest BCUT2D eigenvalue weighted by atomic mass is 9.99. The first-order chi connectivity index (χ1) is 7.29. The maximum Gasteiger partial charge on any atom is 0.348 e. The smallest absolute Gasteiger partial charge is 0.348 e. The van der Waals surface area contributed by atoms with Gasteiger partial charge in [-0.05, 0) is 44.5 Å². The highest BCUT2D eigenvalue weighted by Gasteiger charge is 2.18. The Labute approximate surface area is 93.4 Å². The third kappa shape index (κ3) is 2.58. The quantitative estimate of drug-likeness (QED) is 0.792. The number of thiophene rings is 1. The van der Waals surface area contributed by atoms with Crippen LogP contribution in [0.15, 0.2) is 12.1 Å². The second kappa shape index (κ2) is 4.77. The Morgan fingerprint density at radius 3 is 3.00 bits per heavy atom. The molecule has 1 fully saturated rings. The monoisotopic (exact) mass is 225 g/mol. The van der Waals surface area contributed by atoms with Crippen molar-refractivity contribution >= 4 is 17.3 Å². The van der Waals surface area contributed by atoms with Crippen molar-refractivity contribution in [2.45, 2.75) is 13.3 Å². The van der Waals surface area contributed by atoms with Crippen LogP contribution in [0.25, 0.3) is 0 Å². The molecule has 2 rings (SSSR count). The van der Waals surface area contributed by atoms with Gasteiger partial charge in [-0.3, -0.25) is 0 Å². The first-order valence-corrected chi connectivity index (χ1v) is 6.07. The van der Waals surface area contributed by atoms with Crippen molar-refractivity contribution in [1.29, 1.82) is 0 Å². The van der Waals surface area contributed by atoms with E-state index in [1.54, 1.807) is 11.3 Å². The fraction of sp³-hybridized carbons (Fsp3) is 0.545. The average molecular weight is 225 g/mol. The molecule has 1 aromatic rings. The van der Waals surface area contributed by atoms with Gasteiger partial charge in [0.25, 0.3) is 0 Å². The first-order valence-electron chi connectivity index (χ1n) is 5.26. The molecule has 0 unspecified atom stereocenters. The van der Waals surface area contributed by atoms with Crippen molar-refractivity contribution in [2.24, 2.45) is 5.92 Å². The van der Waals surface area contributed by atoms with Crippen molar-refractivity contribution in [1.82, 2.24) is 5.32 Å². The molecule has 0 atom stereocenters. The van der Waals surface area contributed by atoms with E-state index in [-0.39, 0.29) is 5.97 Å². The maximum atomic E-state index is 11.4. The molecule has 1 aliphatic heterocycles. The van der Waals surface area contributed by atoms with Crippen molar-refractivity contribution < 1.29 is 9.53 Å². The van der Waals surface area contributed by atoms with Crippen LogP contribution in [0.4, 0.5) is 0 Å². The summed E-state index contributed by atoms with van der Waals surface area (Å²) >= 11 is 1.56. The van der Waals surface area contributed by atoms with E-state index in [4.69, 9.17) is 4.74 Å². The number of esters is 1. The van der Waals surface area contributed by atoms with Gasteiger partial charge in [-0.15, -0.1) is 11.3 Å². The third-order valence-corrected chi connectivity index (χ3v) is 3.58. The summed E-state index contributed by atoms with van der Waals surface area (Å²) in [5.41, 5.74) is 0. The molecule has 3 nitrogen and oxygen atoms in total. The van der Waals surface area contributed by atoms with Gasteiger partial charge in [-0.1, -0.05) is 0 Å². The Hall–Kier alpha value is -0.870. The zero-order chi connectivity index (χ0) is 10.7. The van der Waals surface area contributed by atoms with Crippen LogP contribution in [-0.2, 0) is 11.2 Å². The number of hydrogen-bond acceptors (Lipinski definition) is 4. The second-order valence-electron chi connectivity index (χ2n) is 3.71. The summed E-state index contributed by atoms with van der Waals surface area (Å²) in [5.74, 6) is 0.555. The zero-order valence-electron chi connectivity index (χ0n) is 8.79. The van der Waals surface area contributed by atoms with E-state index in [2.05, 4.69) is 5.32 Å². The minimum atomic E-state index is -0.194. The van der Waals surface area contributed by atoms with Crippen molar-refractivity contribution in [3.63, 3.8) is 0 Å². The average Bonchev–Trinajstić information content (AvgIpc) is 2.60. The summed E-state index contributed by atoms with van der Waals surface area (Å²) in [4.78, 5) is 13.4. The van der Waals surface area contributed by atoms with Crippen LogP contribution in [-0.4, -0.2) is 25.7 Å². The molecule has 82 valence electrons. The van der Waals surface area contributed by atoms with Gasteiger partial charge in [0.2, 0.25) is 0 Å². The number of rotatable bonds is 4. The molecule has 1 saturated heterocycles. The Bertz CT molecular complexity index is 344. The van der Waals surface area contributed by atoms with Gasteiger partial charge in [0, 0.05) is 4.88 Å². The highest BCUT2D eigenvalue weighted by atomic mass is 32.1. The molecule has 2 heterocycles. The van der Waals surface area contributed by atoms with Gasteiger partial charge < -0.3 is 10.1 Å². The van der Waals surface area contributed by atoms with Gasteiger partial charge in [-0.2, -0.15) is 0 Å². The number of ether oxygens (including phenoxy) is 1. The zero-order valence-corrected chi connectivity index (χ0v) is 9.60. The van der Waals surface area contributed by atoms with Gasteiger partial charge >= 0.3 is 5.97 Å². The largest absolute Gasteiger partial charge is 0.462 e. The van der Waals surface area contributed by atoms with Crippen molar-refractivity contribution in [3.8, 4) is 0 Å². The minimum absolute atomic E-state index is 0.194. The lowest BCUT2D eigenvalue weighted by Crippen LogP contribution is -2.42. The van der Waals surface area contributed by atoms with Gasteiger partial charge in [-0.25, -0.2) is 4.79 Å². The number of nitrogens with one attached hydrogen (secondary N) is 1. The standard InChI is InChI=1S/C11H15NO2S/c1-2-14-11(13)10-4-3-9(15-10)5-8-6-12-7-8/h3-4,8,12H,2,5-7H2,1H3. The van der Waals surface area contributed by atoms with Crippen LogP contribution >= 0.6 is 11.3 Å². The first kappa shape index (κ1) is 10.6. The van der Waals surface area contributed by atoms with E-state index in [1.807, 2.05) is 19.1 Å².